The van der Waals surface area contributed by atoms with Crippen molar-refractivity contribution in [2.24, 2.45) is 0 Å². The van der Waals surface area contributed by atoms with E-state index in [2.05, 4.69) is 37.1 Å². The van der Waals surface area contributed by atoms with Crippen molar-refractivity contribution in [3.63, 3.8) is 0 Å². The zero-order valence-corrected chi connectivity index (χ0v) is 8.87. The van der Waals surface area contributed by atoms with Gasteiger partial charge in [0, 0.05) is 0 Å². The summed E-state index contributed by atoms with van der Waals surface area (Å²) < 4.78 is 1.40. The average molecular weight is 223 g/mol. The molecule has 0 saturated heterocycles. The summed E-state index contributed by atoms with van der Waals surface area (Å²) in [7, 11) is 0. The second-order valence-electron chi connectivity index (χ2n) is 2.49. The van der Waals surface area contributed by atoms with E-state index in [0.717, 1.165) is 6.42 Å². The molecule has 0 spiro atoms. The van der Waals surface area contributed by atoms with Gasteiger partial charge in [-0.3, -0.25) is 0 Å². The molecule has 1 unspecified atom stereocenters. The SMILES string of the molecule is C#CC(CC)[Se]c1ccccc1. The molecule has 0 aliphatic rings. The van der Waals surface area contributed by atoms with E-state index in [1.54, 1.807) is 0 Å². The topological polar surface area (TPSA) is 0 Å². The maximum absolute atomic E-state index is 5.40. The molecule has 12 heavy (non-hydrogen) atoms. The number of hydrogen-bond acceptors (Lipinski definition) is 0. The summed E-state index contributed by atoms with van der Waals surface area (Å²) in [6.45, 7) is 2.15. The Morgan fingerprint density at radius 1 is 1.42 bits per heavy atom. The molecule has 1 aromatic rings. The number of rotatable bonds is 3. The Hall–Kier alpha value is -0.701. The molecule has 0 bridgehead atoms. The van der Waals surface area contributed by atoms with Gasteiger partial charge in [-0.2, -0.15) is 0 Å². The van der Waals surface area contributed by atoms with Gasteiger partial charge in [0.2, 0.25) is 0 Å². The summed E-state index contributed by atoms with van der Waals surface area (Å²) in [6.07, 6.45) is 6.49. The van der Waals surface area contributed by atoms with Gasteiger partial charge < -0.3 is 0 Å². The van der Waals surface area contributed by atoms with Gasteiger partial charge in [-0.25, -0.2) is 0 Å². The summed E-state index contributed by atoms with van der Waals surface area (Å²) in [5.41, 5.74) is 0. The van der Waals surface area contributed by atoms with Crippen molar-refractivity contribution in [3.8, 4) is 12.3 Å². The van der Waals surface area contributed by atoms with Gasteiger partial charge in [0.15, 0.2) is 0 Å². The molecule has 0 aliphatic carbocycles. The van der Waals surface area contributed by atoms with Crippen LogP contribution < -0.4 is 4.46 Å². The second kappa shape index (κ2) is 5.04. The van der Waals surface area contributed by atoms with Gasteiger partial charge in [-0.05, 0) is 0 Å². The Labute approximate surface area is 80.5 Å². The molecule has 0 heterocycles. The van der Waals surface area contributed by atoms with Gasteiger partial charge in [0.1, 0.15) is 0 Å². The van der Waals surface area contributed by atoms with Crippen LogP contribution in [0.2, 0.25) is 4.82 Å². The average Bonchev–Trinajstić information content (AvgIpc) is 2.16. The van der Waals surface area contributed by atoms with Crippen molar-refractivity contribution in [2.45, 2.75) is 18.2 Å². The molecule has 1 aromatic carbocycles. The molecule has 1 rings (SSSR count). The molecule has 1 heteroatoms. The second-order valence-corrected chi connectivity index (χ2v) is 5.17. The van der Waals surface area contributed by atoms with Gasteiger partial charge in [0.05, 0.1) is 0 Å². The number of terminal acetylenes is 1. The van der Waals surface area contributed by atoms with Crippen LogP contribution in [0, 0.1) is 12.3 Å². The van der Waals surface area contributed by atoms with E-state index in [1.165, 1.54) is 4.46 Å². The van der Waals surface area contributed by atoms with E-state index in [4.69, 9.17) is 6.42 Å². The van der Waals surface area contributed by atoms with Crippen LogP contribution >= 0.6 is 0 Å². The van der Waals surface area contributed by atoms with Crippen molar-refractivity contribution in [2.75, 3.05) is 0 Å². The molecule has 0 radical (unpaired) electrons. The fourth-order valence-corrected chi connectivity index (χ4v) is 2.74. The summed E-state index contributed by atoms with van der Waals surface area (Å²) in [5, 5.41) is 0. The van der Waals surface area contributed by atoms with Crippen LogP contribution in [0.5, 0.6) is 0 Å². The van der Waals surface area contributed by atoms with E-state index < -0.39 is 0 Å². The Balaban J connectivity index is 2.58. The summed E-state index contributed by atoms with van der Waals surface area (Å²) in [5.74, 6) is 2.83. The minimum atomic E-state index is 0.449. The van der Waals surface area contributed by atoms with Crippen LogP contribution in [0.1, 0.15) is 13.3 Å². The van der Waals surface area contributed by atoms with Crippen molar-refractivity contribution in [3.05, 3.63) is 30.3 Å². The Kier molecular flexibility index (Phi) is 3.94. The number of benzene rings is 1. The molecule has 62 valence electrons. The molecule has 0 aliphatic heterocycles. The van der Waals surface area contributed by atoms with Crippen LogP contribution in [0.4, 0.5) is 0 Å². The van der Waals surface area contributed by atoms with E-state index in [1.807, 2.05) is 6.07 Å². The van der Waals surface area contributed by atoms with Crippen LogP contribution in [0.25, 0.3) is 0 Å². The molecule has 0 fully saturated rings. The maximum atomic E-state index is 5.40. The first-order chi connectivity index (χ1) is 5.86. The van der Waals surface area contributed by atoms with Gasteiger partial charge in [-0.15, -0.1) is 0 Å². The summed E-state index contributed by atoms with van der Waals surface area (Å²) in [6, 6.07) is 10.5. The zero-order valence-electron chi connectivity index (χ0n) is 7.16. The van der Waals surface area contributed by atoms with Crippen LogP contribution in [0.15, 0.2) is 30.3 Å². The third kappa shape index (κ3) is 2.74. The Bertz CT molecular complexity index is 258. The normalized spacial score (nSPS) is 12.0. The standard InChI is InChI=1S/C11H12Se/c1-3-10(4-2)12-11-8-6-5-7-9-11/h1,5-10H,4H2,2H3. The van der Waals surface area contributed by atoms with Crippen LogP contribution in [0.3, 0.4) is 0 Å². The first-order valence-corrected chi connectivity index (χ1v) is 5.89. The third-order valence-electron chi connectivity index (χ3n) is 1.58. The minimum absolute atomic E-state index is 0.449. The summed E-state index contributed by atoms with van der Waals surface area (Å²) >= 11 is 0.449. The van der Waals surface area contributed by atoms with Gasteiger partial charge in [-0.1, -0.05) is 0 Å². The fraction of sp³-hybridized carbons (Fsp3) is 0.273. The molecule has 0 nitrogen and oxygen atoms in total. The van der Waals surface area contributed by atoms with Gasteiger partial charge in [0.25, 0.3) is 0 Å². The predicted molar refractivity (Wildman–Crippen MR) is 54.7 cm³/mol. The quantitative estimate of drug-likeness (QED) is 0.542. The van der Waals surface area contributed by atoms with Crippen molar-refractivity contribution in [1.82, 2.24) is 0 Å². The Morgan fingerprint density at radius 3 is 2.58 bits per heavy atom. The van der Waals surface area contributed by atoms with E-state index in [-0.39, 0.29) is 0 Å². The number of hydrogen-bond donors (Lipinski definition) is 0. The molecular weight excluding hydrogens is 211 g/mol. The molecule has 0 amide bonds. The monoisotopic (exact) mass is 224 g/mol. The van der Waals surface area contributed by atoms with Crippen molar-refractivity contribution < 1.29 is 0 Å². The van der Waals surface area contributed by atoms with Crippen molar-refractivity contribution >= 4 is 19.4 Å². The van der Waals surface area contributed by atoms with E-state index >= 15 is 0 Å². The van der Waals surface area contributed by atoms with E-state index in [0.29, 0.717) is 19.8 Å². The molecule has 1 atom stereocenters. The molecule has 0 aromatic heterocycles. The molecular formula is C11H12Se. The molecule has 0 N–H and O–H groups in total. The Morgan fingerprint density at radius 2 is 2.08 bits per heavy atom. The van der Waals surface area contributed by atoms with Crippen molar-refractivity contribution in [1.29, 1.82) is 0 Å². The first kappa shape index (κ1) is 9.39. The fourth-order valence-electron chi connectivity index (χ4n) is 0.899. The summed E-state index contributed by atoms with van der Waals surface area (Å²) in [4.78, 5) is 0.458. The van der Waals surface area contributed by atoms with Crippen LogP contribution in [-0.4, -0.2) is 15.0 Å². The zero-order chi connectivity index (χ0) is 8.81. The van der Waals surface area contributed by atoms with Crippen LogP contribution in [-0.2, 0) is 0 Å². The third-order valence-corrected chi connectivity index (χ3v) is 4.30. The van der Waals surface area contributed by atoms with Gasteiger partial charge >= 0.3 is 80.3 Å². The first-order valence-electron chi connectivity index (χ1n) is 4.04. The van der Waals surface area contributed by atoms with E-state index in [9.17, 15) is 0 Å². The predicted octanol–water partition coefficient (Wildman–Crippen LogP) is 1.85. The molecule has 0 saturated carbocycles.